The van der Waals surface area contributed by atoms with E-state index < -0.39 is 5.97 Å². The molecule has 0 aromatic heterocycles. The number of carbonyl (C=O) groups excluding carboxylic acids is 2. The van der Waals surface area contributed by atoms with Crippen molar-refractivity contribution in [2.75, 3.05) is 24.1 Å². The number of rotatable bonds is 3. The summed E-state index contributed by atoms with van der Waals surface area (Å²) >= 11 is 7.53. The predicted molar refractivity (Wildman–Crippen MR) is 75.7 cm³/mol. The van der Waals surface area contributed by atoms with Gasteiger partial charge in [0, 0.05) is 16.7 Å². The van der Waals surface area contributed by atoms with Crippen LogP contribution in [0.3, 0.4) is 0 Å². The number of hydrogen-bond acceptors (Lipinski definition) is 5. The Balaban J connectivity index is 2.20. The zero-order valence-electron chi connectivity index (χ0n) is 10.2. The lowest BCUT2D eigenvalue weighted by Crippen LogP contribution is -2.37. The molecule has 7 heteroatoms. The maximum Gasteiger partial charge on any atom is 0.339 e. The third-order valence-corrected chi connectivity index (χ3v) is 3.85. The molecule has 1 aromatic carbocycles. The van der Waals surface area contributed by atoms with Crippen LogP contribution in [0.25, 0.3) is 0 Å². The van der Waals surface area contributed by atoms with E-state index in [9.17, 15) is 9.59 Å². The highest BCUT2D eigenvalue weighted by Crippen LogP contribution is 2.22. The van der Waals surface area contributed by atoms with E-state index in [1.807, 2.05) is 0 Å². The number of anilines is 1. The highest BCUT2D eigenvalue weighted by molar-refractivity contribution is 7.99. The van der Waals surface area contributed by atoms with Gasteiger partial charge in [0.2, 0.25) is 5.91 Å². The Kier molecular flexibility index (Phi) is 4.68. The highest BCUT2D eigenvalue weighted by Gasteiger charge is 2.24. The average molecular weight is 301 g/mol. The molecule has 1 amide bonds. The largest absolute Gasteiger partial charge is 0.465 e. The first-order valence-electron chi connectivity index (χ1n) is 5.61. The van der Waals surface area contributed by atoms with Crippen molar-refractivity contribution in [3.05, 3.63) is 28.8 Å². The number of amides is 1. The van der Waals surface area contributed by atoms with Crippen LogP contribution in [0.4, 0.5) is 5.69 Å². The molecule has 0 aliphatic carbocycles. The third-order valence-electron chi connectivity index (χ3n) is 2.68. The molecular formula is C12H13ClN2O3S. The summed E-state index contributed by atoms with van der Waals surface area (Å²) in [6.45, 7) is 0. The van der Waals surface area contributed by atoms with Crippen molar-refractivity contribution < 1.29 is 14.3 Å². The van der Waals surface area contributed by atoms with Crippen LogP contribution in [0.15, 0.2) is 18.2 Å². The Labute approximate surface area is 120 Å². The molecule has 2 rings (SSSR count). The molecular weight excluding hydrogens is 288 g/mol. The maximum atomic E-state index is 12.0. The number of carbonyl (C=O) groups is 2. The van der Waals surface area contributed by atoms with Crippen LogP contribution >= 0.6 is 23.4 Å². The smallest absolute Gasteiger partial charge is 0.339 e. The number of nitrogens with one attached hydrogen (secondary N) is 2. The number of halogens is 1. The summed E-state index contributed by atoms with van der Waals surface area (Å²) in [7, 11) is 1.29. The second-order valence-corrected chi connectivity index (χ2v) is 5.41. The third kappa shape index (κ3) is 3.40. The number of benzene rings is 1. The van der Waals surface area contributed by atoms with Gasteiger partial charge in [-0.05, 0) is 18.2 Å². The van der Waals surface area contributed by atoms with Crippen LogP contribution in [-0.2, 0) is 9.53 Å². The molecule has 1 heterocycles. The minimum atomic E-state index is -0.513. The van der Waals surface area contributed by atoms with Crippen LogP contribution in [0.5, 0.6) is 0 Å². The molecule has 102 valence electrons. The van der Waals surface area contributed by atoms with Crippen LogP contribution in [-0.4, -0.2) is 36.7 Å². The molecule has 0 radical (unpaired) electrons. The van der Waals surface area contributed by atoms with Crippen LogP contribution in [0.1, 0.15) is 10.4 Å². The van der Waals surface area contributed by atoms with Crippen molar-refractivity contribution in [1.82, 2.24) is 5.32 Å². The number of thioether (sulfide) groups is 1. The number of esters is 1. The number of methoxy groups -OCH3 is 1. The van der Waals surface area contributed by atoms with Gasteiger partial charge in [0.25, 0.3) is 0 Å². The van der Waals surface area contributed by atoms with Crippen molar-refractivity contribution in [3.63, 3.8) is 0 Å². The van der Waals surface area contributed by atoms with Crippen molar-refractivity contribution in [2.24, 2.45) is 0 Å². The molecule has 0 bridgehead atoms. The Morgan fingerprint density at radius 3 is 2.95 bits per heavy atom. The lowest BCUT2D eigenvalue weighted by Gasteiger charge is -2.13. The summed E-state index contributed by atoms with van der Waals surface area (Å²) in [5.74, 6) is 0.760. The van der Waals surface area contributed by atoms with Crippen molar-refractivity contribution in [1.29, 1.82) is 0 Å². The maximum absolute atomic E-state index is 12.0. The highest BCUT2D eigenvalue weighted by atomic mass is 35.5. The molecule has 19 heavy (non-hydrogen) atoms. The van der Waals surface area contributed by atoms with Gasteiger partial charge in [0.15, 0.2) is 0 Å². The summed E-state index contributed by atoms with van der Waals surface area (Å²) in [4.78, 5) is 23.6. The first kappa shape index (κ1) is 14.2. The van der Waals surface area contributed by atoms with E-state index in [0.717, 1.165) is 5.88 Å². The van der Waals surface area contributed by atoms with Crippen LogP contribution in [0, 0.1) is 0 Å². The summed E-state index contributed by atoms with van der Waals surface area (Å²) in [6.07, 6.45) is 0. The molecule has 1 atom stereocenters. The van der Waals surface area contributed by atoms with E-state index in [1.165, 1.54) is 19.2 Å². The van der Waals surface area contributed by atoms with Gasteiger partial charge in [0.05, 0.1) is 24.4 Å². The van der Waals surface area contributed by atoms with Gasteiger partial charge < -0.3 is 10.1 Å². The van der Waals surface area contributed by atoms with Gasteiger partial charge in [-0.1, -0.05) is 11.6 Å². The van der Waals surface area contributed by atoms with Gasteiger partial charge in [-0.2, -0.15) is 0 Å². The zero-order chi connectivity index (χ0) is 13.8. The Hall–Kier alpha value is -1.24. The van der Waals surface area contributed by atoms with Gasteiger partial charge in [-0.3, -0.25) is 10.1 Å². The first-order valence-corrected chi connectivity index (χ1v) is 7.15. The minimum absolute atomic E-state index is 0.183. The predicted octanol–water partition coefficient (Wildman–Crippen LogP) is 1.73. The Bertz CT molecular complexity index is 504. The summed E-state index contributed by atoms with van der Waals surface area (Å²) in [5, 5.41) is 6.21. The summed E-state index contributed by atoms with van der Waals surface area (Å²) < 4.78 is 4.67. The van der Waals surface area contributed by atoms with E-state index >= 15 is 0 Å². The Morgan fingerprint density at radius 1 is 1.53 bits per heavy atom. The molecule has 1 unspecified atom stereocenters. The van der Waals surface area contributed by atoms with E-state index in [2.05, 4.69) is 15.4 Å². The van der Waals surface area contributed by atoms with E-state index in [-0.39, 0.29) is 17.5 Å². The average Bonchev–Trinajstić information content (AvgIpc) is 2.92. The van der Waals surface area contributed by atoms with E-state index in [4.69, 9.17) is 11.6 Å². The molecule has 1 aromatic rings. The van der Waals surface area contributed by atoms with Crippen LogP contribution < -0.4 is 10.6 Å². The lowest BCUT2D eigenvalue weighted by molar-refractivity contribution is -0.117. The topological polar surface area (TPSA) is 67.4 Å². The monoisotopic (exact) mass is 300 g/mol. The molecule has 0 spiro atoms. The Morgan fingerprint density at radius 2 is 2.32 bits per heavy atom. The normalized spacial score (nSPS) is 18.1. The minimum Gasteiger partial charge on any atom is -0.465 e. The molecule has 1 aliphatic heterocycles. The SMILES string of the molecule is COC(=O)c1ccc(Cl)cc1NC(=O)C1CSCN1. The van der Waals surface area contributed by atoms with Crippen molar-refractivity contribution in [3.8, 4) is 0 Å². The van der Waals surface area contributed by atoms with E-state index in [0.29, 0.717) is 16.5 Å². The number of ether oxygens (including phenoxy) is 1. The quantitative estimate of drug-likeness (QED) is 0.832. The first-order chi connectivity index (χ1) is 9.11. The molecule has 0 saturated carbocycles. The van der Waals surface area contributed by atoms with Crippen molar-refractivity contribution in [2.45, 2.75) is 6.04 Å². The molecule has 1 aliphatic rings. The van der Waals surface area contributed by atoms with Gasteiger partial charge in [0.1, 0.15) is 0 Å². The van der Waals surface area contributed by atoms with Crippen LogP contribution in [0.2, 0.25) is 5.02 Å². The summed E-state index contributed by atoms with van der Waals surface area (Å²) in [6, 6.07) is 4.39. The van der Waals surface area contributed by atoms with Gasteiger partial charge in [-0.25, -0.2) is 4.79 Å². The molecule has 1 saturated heterocycles. The fourth-order valence-electron chi connectivity index (χ4n) is 1.69. The molecule has 5 nitrogen and oxygen atoms in total. The van der Waals surface area contributed by atoms with E-state index in [1.54, 1.807) is 17.8 Å². The van der Waals surface area contributed by atoms with Gasteiger partial charge in [-0.15, -0.1) is 11.8 Å². The second kappa shape index (κ2) is 6.27. The fourth-order valence-corrected chi connectivity index (χ4v) is 2.81. The summed E-state index contributed by atoms with van der Waals surface area (Å²) in [5.41, 5.74) is 0.647. The lowest BCUT2D eigenvalue weighted by atomic mass is 10.1. The van der Waals surface area contributed by atoms with Gasteiger partial charge >= 0.3 is 5.97 Å². The second-order valence-electron chi connectivity index (χ2n) is 3.94. The van der Waals surface area contributed by atoms with Crippen molar-refractivity contribution >= 4 is 40.9 Å². The number of hydrogen-bond donors (Lipinski definition) is 2. The molecule has 1 fully saturated rings. The fraction of sp³-hybridized carbons (Fsp3) is 0.333. The standard InChI is InChI=1S/C12H13ClN2O3S/c1-18-12(17)8-3-2-7(13)4-9(8)15-11(16)10-5-19-6-14-10/h2-4,10,14H,5-6H2,1H3,(H,15,16). The zero-order valence-corrected chi connectivity index (χ0v) is 11.8. The molecule has 2 N–H and O–H groups in total.